The molecular formula is C20H19NOS. The Morgan fingerprint density at radius 2 is 1.74 bits per heavy atom. The predicted octanol–water partition coefficient (Wildman–Crippen LogP) is 5.20. The van der Waals surface area contributed by atoms with Gasteiger partial charge in [0.05, 0.1) is 10.9 Å². The van der Waals surface area contributed by atoms with Gasteiger partial charge < -0.3 is 5.32 Å². The van der Waals surface area contributed by atoms with Crippen molar-refractivity contribution < 1.29 is 4.79 Å². The lowest BCUT2D eigenvalue weighted by molar-refractivity contribution is -0.116. The molecule has 1 N–H and O–H groups in total. The maximum Gasteiger partial charge on any atom is 0.162 e. The predicted molar refractivity (Wildman–Crippen MR) is 95.5 cm³/mol. The summed E-state index contributed by atoms with van der Waals surface area (Å²) in [6.07, 6.45) is 1.60. The van der Waals surface area contributed by atoms with Gasteiger partial charge in [0, 0.05) is 22.6 Å². The third-order valence-corrected chi connectivity index (χ3v) is 5.85. The van der Waals surface area contributed by atoms with Gasteiger partial charge in [0.1, 0.15) is 0 Å². The second-order valence-corrected chi connectivity index (χ2v) is 7.51. The van der Waals surface area contributed by atoms with E-state index in [1.165, 1.54) is 10.5 Å². The number of para-hydroxylation sites is 1. The van der Waals surface area contributed by atoms with Crippen molar-refractivity contribution in [1.29, 1.82) is 0 Å². The number of hydrogen-bond acceptors (Lipinski definition) is 3. The molecule has 0 amide bonds. The van der Waals surface area contributed by atoms with Crippen LogP contribution < -0.4 is 5.32 Å². The van der Waals surface area contributed by atoms with Gasteiger partial charge in [-0.2, -0.15) is 0 Å². The van der Waals surface area contributed by atoms with Gasteiger partial charge in [0.25, 0.3) is 0 Å². The van der Waals surface area contributed by atoms with Crippen LogP contribution in [0.5, 0.6) is 0 Å². The summed E-state index contributed by atoms with van der Waals surface area (Å²) in [5.74, 6) is 0.695. The van der Waals surface area contributed by atoms with Crippen LogP contribution >= 0.6 is 11.8 Å². The Balaban J connectivity index is 1.88. The summed E-state index contributed by atoms with van der Waals surface area (Å²) in [5.41, 5.74) is 4.40. The number of carbonyl (C=O) groups excluding carboxylic acids is 1. The van der Waals surface area contributed by atoms with Crippen LogP contribution in [-0.4, -0.2) is 5.78 Å². The number of ketones is 1. The minimum atomic E-state index is 0.0716. The molecule has 2 atom stereocenters. The summed E-state index contributed by atoms with van der Waals surface area (Å²) in [5, 5.41) is 3.63. The quantitative estimate of drug-likeness (QED) is 0.783. The number of thioether (sulfide) groups is 1. The molecule has 0 fully saturated rings. The third kappa shape index (κ3) is 2.70. The first-order valence-electron chi connectivity index (χ1n) is 8.06. The van der Waals surface area contributed by atoms with E-state index in [1.807, 2.05) is 12.1 Å². The average Bonchev–Trinajstić information content (AvgIpc) is 2.72. The number of rotatable bonds is 1. The molecule has 0 aromatic heterocycles. The van der Waals surface area contributed by atoms with E-state index >= 15 is 0 Å². The number of fused-ring (bicyclic) bond motifs is 1. The molecule has 2 aromatic rings. The van der Waals surface area contributed by atoms with Crippen molar-refractivity contribution in [3.05, 3.63) is 71.4 Å². The van der Waals surface area contributed by atoms with Gasteiger partial charge in [0.15, 0.2) is 5.78 Å². The molecule has 23 heavy (non-hydrogen) atoms. The molecule has 1 aliphatic heterocycles. The number of anilines is 1. The molecule has 0 bridgehead atoms. The normalized spacial score (nSPS) is 23.6. The molecule has 0 saturated carbocycles. The SMILES string of the molecule is CC1CC(=O)C2=C(C1)Nc1ccccc1SC2c1ccccc1. The zero-order valence-corrected chi connectivity index (χ0v) is 13.9. The van der Waals surface area contributed by atoms with E-state index in [-0.39, 0.29) is 5.25 Å². The summed E-state index contributed by atoms with van der Waals surface area (Å²) < 4.78 is 0. The van der Waals surface area contributed by atoms with Crippen LogP contribution in [-0.2, 0) is 4.79 Å². The maximum atomic E-state index is 12.8. The molecule has 1 heterocycles. The number of allylic oxidation sites excluding steroid dienone is 1. The molecule has 2 aromatic carbocycles. The summed E-state index contributed by atoms with van der Waals surface area (Å²) in [7, 11) is 0. The van der Waals surface area contributed by atoms with E-state index in [1.54, 1.807) is 11.8 Å². The van der Waals surface area contributed by atoms with Gasteiger partial charge in [-0.3, -0.25) is 4.79 Å². The fourth-order valence-corrected chi connectivity index (χ4v) is 4.77. The van der Waals surface area contributed by atoms with E-state index in [4.69, 9.17) is 0 Å². The van der Waals surface area contributed by atoms with Crippen LogP contribution in [0.3, 0.4) is 0 Å². The lowest BCUT2D eigenvalue weighted by atomic mass is 9.84. The van der Waals surface area contributed by atoms with Gasteiger partial charge >= 0.3 is 0 Å². The van der Waals surface area contributed by atoms with Crippen LogP contribution in [0, 0.1) is 5.92 Å². The Labute approximate surface area is 141 Å². The fourth-order valence-electron chi connectivity index (χ4n) is 3.43. The minimum Gasteiger partial charge on any atom is -0.358 e. The van der Waals surface area contributed by atoms with Crippen molar-refractivity contribution in [3.63, 3.8) is 0 Å². The van der Waals surface area contributed by atoms with Crippen LogP contribution in [0.2, 0.25) is 0 Å². The zero-order chi connectivity index (χ0) is 15.8. The molecule has 0 spiro atoms. The van der Waals surface area contributed by atoms with Crippen LogP contribution in [0.25, 0.3) is 0 Å². The highest BCUT2D eigenvalue weighted by Gasteiger charge is 2.34. The molecule has 2 unspecified atom stereocenters. The molecule has 0 saturated heterocycles. The van der Waals surface area contributed by atoms with Gasteiger partial charge in [-0.1, -0.05) is 49.4 Å². The number of benzene rings is 2. The number of nitrogens with one attached hydrogen (secondary N) is 1. The van der Waals surface area contributed by atoms with Crippen molar-refractivity contribution in [2.45, 2.75) is 29.9 Å². The number of hydrogen-bond donors (Lipinski definition) is 1. The topological polar surface area (TPSA) is 29.1 Å². The second kappa shape index (κ2) is 5.89. The third-order valence-electron chi connectivity index (χ3n) is 4.49. The lowest BCUT2D eigenvalue weighted by Gasteiger charge is -2.27. The summed E-state index contributed by atoms with van der Waals surface area (Å²) in [4.78, 5) is 14.0. The highest BCUT2D eigenvalue weighted by molar-refractivity contribution is 8.00. The zero-order valence-electron chi connectivity index (χ0n) is 13.1. The summed E-state index contributed by atoms with van der Waals surface area (Å²) in [6.45, 7) is 2.16. The van der Waals surface area contributed by atoms with E-state index < -0.39 is 0 Å². The van der Waals surface area contributed by atoms with Gasteiger partial charge in [0.2, 0.25) is 0 Å². The van der Waals surface area contributed by atoms with Gasteiger partial charge in [-0.05, 0) is 30.0 Å². The Hall–Kier alpha value is -2.00. The van der Waals surface area contributed by atoms with E-state index in [0.29, 0.717) is 18.1 Å². The largest absolute Gasteiger partial charge is 0.358 e. The number of carbonyl (C=O) groups is 1. The molecular weight excluding hydrogens is 302 g/mol. The standard InChI is InChI=1S/C20H19NOS/c1-13-11-16-19(17(22)12-13)20(14-7-3-2-4-8-14)23-18-10-6-5-9-15(18)21-16/h2-10,13,20-21H,11-12H2,1H3. The maximum absolute atomic E-state index is 12.8. The molecule has 1 aliphatic carbocycles. The second-order valence-electron chi connectivity index (χ2n) is 6.36. The lowest BCUT2D eigenvalue weighted by Crippen LogP contribution is -2.23. The Bertz CT molecular complexity index is 781. The van der Waals surface area contributed by atoms with Gasteiger partial charge in [-0.15, -0.1) is 11.8 Å². The Kier molecular flexibility index (Phi) is 3.74. The van der Waals surface area contributed by atoms with Crippen molar-refractivity contribution >= 4 is 23.2 Å². The van der Waals surface area contributed by atoms with E-state index in [9.17, 15) is 4.79 Å². The monoisotopic (exact) mass is 321 g/mol. The highest BCUT2D eigenvalue weighted by Crippen LogP contribution is 2.49. The van der Waals surface area contributed by atoms with Crippen molar-refractivity contribution in [1.82, 2.24) is 0 Å². The molecule has 2 aliphatic rings. The molecule has 0 radical (unpaired) electrons. The van der Waals surface area contributed by atoms with Crippen LogP contribution in [0.4, 0.5) is 5.69 Å². The van der Waals surface area contributed by atoms with E-state index in [0.717, 1.165) is 23.4 Å². The molecule has 2 nitrogen and oxygen atoms in total. The van der Waals surface area contributed by atoms with Crippen molar-refractivity contribution in [2.75, 3.05) is 5.32 Å². The molecule has 4 rings (SSSR count). The Morgan fingerprint density at radius 1 is 1.00 bits per heavy atom. The summed E-state index contributed by atoms with van der Waals surface area (Å²) in [6, 6.07) is 18.7. The molecule has 3 heteroatoms. The van der Waals surface area contributed by atoms with Crippen molar-refractivity contribution in [2.24, 2.45) is 5.92 Å². The molecule has 116 valence electrons. The minimum absolute atomic E-state index is 0.0716. The van der Waals surface area contributed by atoms with Gasteiger partial charge in [-0.25, -0.2) is 0 Å². The fraction of sp³-hybridized carbons (Fsp3) is 0.250. The Morgan fingerprint density at radius 3 is 2.57 bits per heavy atom. The van der Waals surface area contributed by atoms with Crippen LogP contribution in [0.15, 0.2) is 70.8 Å². The number of Topliss-reactive ketones (excluding diaryl/α,β-unsaturated/α-hetero) is 1. The van der Waals surface area contributed by atoms with Crippen molar-refractivity contribution in [3.8, 4) is 0 Å². The smallest absolute Gasteiger partial charge is 0.162 e. The van der Waals surface area contributed by atoms with Crippen LogP contribution in [0.1, 0.15) is 30.6 Å². The first-order valence-corrected chi connectivity index (χ1v) is 8.94. The first kappa shape index (κ1) is 14.6. The average molecular weight is 321 g/mol. The van der Waals surface area contributed by atoms with E-state index in [2.05, 4.69) is 54.7 Å². The summed E-state index contributed by atoms with van der Waals surface area (Å²) >= 11 is 1.78. The highest BCUT2D eigenvalue weighted by atomic mass is 32.2. The first-order chi connectivity index (χ1) is 11.2.